The van der Waals surface area contributed by atoms with Crippen LogP contribution < -0.4 is 9.64 Å². The normalized spacial score (nSPS) is 12.1. The van der Waals surface area contributed by atoms with Gasteiger partial charge in [-0.05, 0) is 89.5 Å². The van der Waals surface area contributed by atoms with Gasteiger partial charge < -0.3 is 14.2 Å². The van der Waals surface area contributed by atoms with Crippen molar-refractivity contribution in [1.82, 2.24) is 24.1 Å². The molecule has 0 fully saturated rings. The number of anilines is 3. The molecule has 0 amide bonds. The van der Waals surface area contributed by atoms with E-state index >= 15 is 0 Å². The predicted molar refractivity (Wildman–Crippen MR) is 303 cm³/mol. The molecular formula is C67H42N6O. The molecule has 7 nitrogen and oxygen atoms in total. The lowest BCUT2D eigenvalue weighted by Gasteiger charge is -2.33. The second-order valence-electron chi connectivity index (χ2n) is 18.8. The van der Waals surface area contributed by atoms with Gasteiger partial charge >= 0.3 is 0 Å². The lowest BCUT2D eigenvalue weighted by Crippen LogP contribution is -2.15. The Morgan fingerprint density at radius 1 is 0.338 bits per heavy atom. The predicted octanol–water partition coefficient (Wildman–Crippen LogP) is 17.5. The van der Waals surface area contributed by atoms with E-state index in [2.05, 4.69) is 238 Å². The number of hydrogen-bond donors (Lipinski definition) is 0. The fourth-order valence-electron chi connectivity index (χ4n) is 11.2. The summed E-state index contributed by atoms with van der Waals surface area (Å²) in [6.07, 6.45) is 2.02. The fourth-order valence-corrected chi connectivity index (χ4v) is 11.2. The zero-order chi connectivity index (χ0) is 48.7. The summed E-state index contributed by atoms with van der Waals surface area (Å²) in [5.41, 5.74) is 17.0. The van der Waals surface area contributed by atoms with Crippen molar-refractivity contribution < 1.29 is 4.74 Å². The summed E-state index contributed by atoms with van der Waals surface area (Å²) in [6, 6.07) is 87.4. The summed E-state index contributed by atoms with van der Waals surface area (Å²) < 4.78 is 11.4. The first-order valence-corrected chi connectivity index (χ1v) is 24.9. The molecule has 0 saturated carbocycles. The quantitative estimate of drug-likeness (QED) is 0.159. The Hall–Kier alpha value is -10.1. The molecule has 0 atom stereocenters. The average Bonchev–Trinajstić information content (AvgIpc) is 4.04. The van der Waals surface area contributed by atoms with Crippen LogP contribution in [0, 0.1) is 0 Å². The summed E-state index contributed by atoms with van der Waals surface area (Å²) in [4.78, 5) is 18.7. The van der Waals surface area contributed by atoms with Gasteiger partial charge in [0.25, 0.3) is 0 Å². The average molecular weight is 947 g/mol. The molecule has 74 heavy (non-hydrogen) atoms. The minimum atomic E-state index is 0.560. The molecule has 5 heterocycles. The van der Waals surface area contributed by atoms with Crippen molar-refractivity contribution in [1.29, 1.82) is 0 Å². The summed E-state index contributed by atoms with van der Waals surface area (Å²) in [5.74, 6) is 2.09. The standard InChI is InChI=1S/C67H42N6O/c1-4-18-43(19-5-1)45-22-16-23-46(38-45)49-39-48-24-17-32-61(64(48)68-42-49)72-57-29-12-10-27-51(57)53-35-36-54-52-28-11-13-30-58(52)73(66(54)65(53)72)67-69-55(44-20-6-2-7-21-44)41-56(70-67)47-34-37-60-63(40-47)74-62-33-15-14-31-59(62)71(60)50-25-8-3-9-26-50/h1-42H. The van der Waals surface area contributed by atoms with Gasteiger partial charge in [0.2, 0.25) is 5.95 Å². The molecular weight excluding hydrogens is 905 g/mol. The van der Waals surface area contributed by atoms with Gasteiger partial charge in [-0.25, -0.2) is 9.97 Å². The third kappa shape index (κ3) is 6.64. The number of aromatic nitrogens is 5. The first-order valence-electron chi connectivity index (χ1n) is 24.9. The van der Waals surface area contributed by atoms with E-state index in [9.17, 15) is 0 Å². The van der Waals surface area contributed by atoms with Crippen molar-refractivity contribution in [2.45, 2.75) is 0 Å². The molecule has 0 bridgehead atoms. The van der Waals surface area contributed by atoms with Gasteiger partial charge in [-0.3, -0.25) is 9.55 Å². The molecule has 14 aromatic rings. The largest absolute Gasteiger partial charge is 0.453 e. The van der Waals surface area contributed by atoms with Crippen LogP contribution in [0.3, 0.4) is 0 Å². The second kappa shape index (κ2) is 16.8. The highest BCUT2D eigenvalue weighted by molar-refractivity contribution is 6.24. The van der Waals surface area contributed by atoms with Crippen LogP contribution in [0.2, 0.25) is 0 Å². The maximum absolute atomic E-state index is 6.74. The molecule has 0 unspecified atom stereocenters. The second-order valence-corrected chi connectivity index (χ2v) is 18.8. The van der Waals surface area contributed by atoms with Crippen LogP contribution in [0.1, 0.15) is 0 Å². The molecule has 0 radical (unpaired) electrons. The van der Waals surface area contributed by atoms with Crippen LogP contribution in [0.4, 0.5) is 17.1 Å². The Balaban J connectivity index is 0.959. The van der Waals surface area contributed by atoms with E-state index in [1.807, 2.05) is 30.5 Å². The van der Waals surface area contributed by atoms with Crippen LogP contribution in [-0.2, 0) is 0 Å². The topological polar surface area (TPSA) is 61.0 Å². The first-order chi connectivity index (χ1) is 36.7. The minimum Gasteiger partial charge on any atom is -0.453 e. The van der Waals surface area contributed by atoms with Crippen molar-refractivity contribution in [2.24, 2.45) is 0 Å². The van der Waals surface area contributed by atoms with Crippen LogP contribution in [0.5, 0.6) is 11.5 Å². The number of pyridine rings is 1. The number of nitrogens with zero attached hydrogens (tertiary/aromatic N) is 6. The molecule has 1 aliphatic heterocycles. The Morgan fingerprint density at radius 3 is 1.66 bits per heavy atom. The van der Waals surface area contributed by atoms with Crippen molar-refractivity contribution in [2.75, 3.05) is 4.90 Å². The molecule has 1 aliphatic rings. The zero-order valence-corrected chi connectivity index (χ0v) is 39.8. The fraction of sp³-hybridized carbons (Fsp3) is 0. The maximum Gasteiger partial charge on any atom is 0.235 e. The maximum atomic E-state index is 6.74. The molecule has 346 valence electrons. The lowest BCUT2D eigenvalue weighted by atomic mass is 9.99. The molecule has 10 aromatic carbocycles. The van der Waals surface area contributed by atoms with E-state index in [-0.39, 0.29) is 0 Å². The number of para-hydroxylation sites is 6. The smallest absolute Gasteiger partial charge is 0.235 e. The molecule has 0 N–H and O–H groups in total. The van der Waals surface area contributed by atoms with Gasteiger partial charge in [-0.15, -0.1) is 0 Å². The van der Waals surface area contributed by atoms with Crippen LogP contribution in [0.15, 0.2) is 255 Å². The number of benzene rings is 10. The van der Waals surface area contributed by atoms with Crippen molar-refractivity contribution in [3.63, 3.8) is 0 Å². The van der Waals surface area contributed by atoms with E-state index < -0.39 is 0 Å². The molecule has 0 aliphatic carbocycles. The lowest BCUT2D eigenvalue weighted by molar-refractivity contribution is 0.477. The van der Waals surface area contributed by atoms with E-state index in [1.54, 1.807) is 0 Å². The third-order valence-electron chi connectivity index (χ3n) is 14.5. The molecule has 15 rings (SSSR count). The van der Waals surface area contributed by atoms with Gasteiger partial charge in [0.1, 0.15) is 0 Å². The van der Waals surface area contributed by atoms with E-state index in [4.69, 9.17) is 19.7 Å². The molecule has 7 heteroatoms. The molecule has 0 spiro atoms. The van der Waals surface area contributed by atoms with Crippen LogP contribution >= 0.6 is 0 Å². The number of rotatable bonds is 7. The highest BCUT2D eigenvalue weighted by Gasteiger charge is 2.28. The van der Waals surface area contributed by atoms with E-state index in [0.717, 1.165) is 122 Å². The van der Waals surface area contributed by atoms with Crippen molar-refractivity contribution in [3.8, 4) is 67.9 Å². The Morgan fingerprint density at radius 2 is 0.905 bits per heavy atom. The van der Waals surface area contributed by atoms with Gasteiger partial charge in [0.05, 0.1) is 56.0 Å². The highest BCUT2D eigenvalue weighted by atomic mass is 16.5. The van der Waals surface area contributed by atoms with Gasteiger partial charge in [0, 0.05) is 55.5 Å². The van der Waals surface area contributed by atoms with Gasteiger partial charge in [-0.2, -0.15) is 0 Å². The van der Waals surface area contributed by atoms with E-state index in [1.165, 1.54) is 11.1 Å². The third-order valence-corrected chi connectivity index (χ3v) is 14.5. The number of hydrogen-bond acceptors (Lipinski definition) is 5. The summed E-state index contributed by atoms with van der Waals surface area (Å²) in [6.45, 7) is 0. The first kappa shape index (κ1) is 41.7. The molecule has 0 saturated heterocycles. The Kier molecular flexibility index (Phi) is 9.43. The minimum absolute atomic E-state index is 0.560. The Labute approximate surface area is 426 Å². The summed E-state index contributed by atoms with van der Waals surface area (Å²) >= 11 is 0. The van der Waals surface area contributed by atoms with Crippen LogP contribution in [-0.4, -0.2) is 24.1 Å². The highest BCUT2D eigenvalue weighted by Crippen LogP contribution is 2.51. The Bertz CT molecular complexity index is 4520. The van der Waals surface area contributed by atoms with Crippen molar-refractivity contribution in [3.05, 3.63) is 255 Å². The SMILES string of the molecule is c1ccc(-c2cccc(-c3cnc4c(-n5c6ccccc6c6ccc7c8ccccc8n(-c8nc(-c9ccccc9)cc(-c9ccc%10c(c9)Oc9ccccc9N%10c9ccccc9)n8)c7c65)cccc4c3)c2)cc1. The molecule has 4 aromatic heterocycles. The van der Waals surface area contributed by atoms with E-state index in [0.29, 0.717) is 5.95 Å². The summed E-state index contributed by atoms with van der Waals surface area (Å²) in [5, 5.41) is 5.53. The summed E-state index contributed by atoms with van der Waals surface area (Å²) in [7, 11) is 0. The number of fused-ring (bicyclic) bond motifs is 10. The van der Waals surface area contributed by atoms with Gasteiger partial charge in [0.15, 0.2) is 11.5 Å². The zero-order valence-electron chi connectivity index (χ0n) is 39.8. The van der Waals surface area contributed by atoms with Crippen molar-refractivity contribution >= 4 is 71.6 Å². The monoisotopic (exact) mass is 946 g/mol. The van der Waals surface area contributed by atoms with Gasteiger partial charge in [-0.1, -0.05) is 176 Å². The van der Waals surface area contributed by atoms with Crippen LogP contribution in [0.25, 0.3) is 111 Å². The number of ether oxygens (including phenoxy) is 1.